The highest BCUT2D eigenvalue weighted by Gasteiger charge is 2.27. The first-order valence-electron chi connectivity index (χ1n) is 6.48. The molecule has 1 aliphatic heterocycles. The van der Waals surface area contributed by atoms with Gasteiger partial charge in [0.15, 0.2) is 5.96 Å². The van der Waals surface area contributed by atoms with Gasteiger partial charge in [0.05, 0.1) is 12.3 Å². The monoisotopic (exact) mass is 404 g/mol. The summed E-state index contributed by atoms with van der Waals surface area (Å²) in [5, 5.41) is 6.33. The van der Waals surface area contributed by atoms with Gasteiger partial charge in [-0.2, -0.15) is 0 Å². The van der Waals surface area contributed by atoms with Gasteiger partial charge < -0.3 is 10.6 Å². The first kappa shape index (κ1) is 18.9. The van der Waals surface area contributed by atoms with Gasteiger partial charge in [-0.3, -0.25) is 4.99 Å². The van der Waals surface area contributed by atoms with Gasteiger partial charge >= 0.3 is 0 Å². The third kappa shape index (κ3) is 6.75. The van der Waals surface area contributed by atoms with Crippen LogP contribution >= 0.6 is 24.0 Å². The van der Waals surface area contributed by atoms with Crippen molar-refractivity contribution in [2.45, 2.75) is 33.2 Å². The lowest BCUT2D eigenvalue weighted by Gasteiger charge is -2.15. The molecule has 0 atom stereocenters. The topological polar surface area (TPSA) is 73.8 Å². The smallest absolute Gasteiger partial charge is 0.214 e. The molecule has 1 aliphatic rings. The summed E-state index contributed by atoms with van der Waals surface area (Å²) in [5.41, 5.74) is 0. The molecule has 1 rings (SSSR count). The zero-order valence-electron chi connectivity index (χ0n) is 11.8. The molecule has 0 aliphatic carbocycles. The second-order valence-corrected chi connectivity index (χ2v) is 6.72. The molecule has 0 spiro atoms. The normalized spacial score (nSPS) is 19.3. The molecule has 0 aromatic heterocycles. The molecular weight excluding hydrogens is 379 g/mol. The highest BCUT2D eigenvalue weighted by atomic mass is 127. The lowest BCUT2D eigenvalue weighted by atomic mass is 10.4. The highest BCUT2D eigenvalue weighted by Crippen LogP contribution is 2.12. The maximum Gasteiger partial charge on any atom is 0.214 e. The minimum atomic E-state index is -3.00. The fraction of sp³-hybridized carbons (Fsp3) is 0.909. The summed E-state index contributed by atoms with van der Waals surface area (Å²) < 4.78 is 24.7. The van der Waals surface area contributed by atoms with Gasteiger partial charge in [-0.05, 0) is 27.2 Å². The van der Waals surface area contributed by atoms with E-state index in [4.69, 9.17) is 0 Å². The summed E-state index contributed by atoms with van der Waals surface area (Å²) in [7, 11) is -3.00. The van der Waals surface area contributed by atoms with Crippen molar-refractivity contribution in [3.8, 4) is 0 Å². The highest BCUT2D eigenvalue weighted by molar-refractivity contribution is 14.0. The quantitative estimate of drug-likeness (QED) is 0.400. The zero-order valence-corrected chi connectivity index (χ0v) is 15.0. The predicted molar refractivity (Wildman–Crippen MR) is 89.6 cm³/mol. The molecule has 1 saturated heterocycles. The first-order valence-corrected chi connectivity index (χ1v) is 8.09. The Morgan fingerprint density at radius 1 is 1.42 bits per heavy atom. The van der Waals surface area contributed by atoms with Gasteiger partial charge in [0.25, 0.3) is 0 Å². The molecule has 0 unspecified atom stereocenters. The van der Waals surface area contributed by atoms with E-state index < -0.39 is 10.0 Å². The fourth-order valence-corrected chi connectivity index (χ4v) is 3.33. The Labute approximate surface area is 133 Å². The average molecular weight is 404 g/mol. The Bertz CT molecular complexity index is 384. The zero-order chi connectivity index (χ0) is 13.6. The summed E-state index contributed by atoms with van der Waals surface area (Å²) in [4.78, 5) is 4.37. The van der Waals surface area contributed by atoms with E-state index in [0.29, 0.717) is 25.7 Å². The number of hydrogen-bond donors (Lipinski definition) is 2. The predicted octanol–water partition coefficient (Wildman–Crippen LogP) is 0.603. The Kier molecular flexibility index (Phi) is 8.92. The minimum absolute atomic E-state index is 0. The van der Waals surface area contributed by atoms with Gasteiger partial charge in [-0.1, -0.05) is 0 Å². The molecule has 8 heteroatoms. The number of halogens is 1. The van der Waals surface area contributed by atoms with Crippen molar-refractivity contribution in [1.29, 1.82) is 0 Å². The van der Waals surface area contributed by atoms with Crippen LogP contribution in [0, 0.1) is 0 Å². The van der Waals surface area contributed by atoms with Gasteiger partial charge in [0.2, 0.25) is 10.0 Å². The molecule has 6 nitrogen and oxygen atoms in total. The van der Waals surface area contributed by atoms with Crippen molar-refractivity contribution in [2.24, 2.45) is 4.99 Å². The first-order chi connectivity index (χ1) is 8.45. The van der Waals surface area contributed by atoms with Crippen LogP contribution in [0.3, 0.4) is 0 Å². The number of hydrogen-bond acceptors (Lipinski definition) is 3. The maximum absolute atomic E-state index is 11.6. The third-order valence-corrected chi connectivity index (χ3v) is 4.55. The largest absolute Gasteiger partial charge is 0.357 e. The van der Waals surface area contributed by atoms with Crippen LogP contribution in [-0.2, 0) is 10.0 Å². The molecular formula is C11H25IN4O2S. The van der Waals surface area contributed by atoms with Crippen LogP contribution in [-0.4, -0.2) is 56.7 Å². The van der Waals surface area contributed by atoms with E-state index in [1.54, 1.807) is 0 Å². The summed E-state index contributed by atoms with van der Waals surface area (Å²) in [6.07, 6.45) is 0.732. The fourth-order valence-electron chi connectivity index (χ4n) is 1.81. The Morgan fingerprint density at radius 3 is 2.58 bits per heavy atom. The molecule has 0 amide bonds. The van der Waals surface area contributed by atoms with Crippen LogP contribution in [0.2, 0.25) is 0 Å². The number of nitrogens with one attached hydrogen (secondary N) is 2. The van der Waals surface area contributed by atoms with E-state index in [-0.39, 0.29) is 29.7 Å². The molecule has 0 saturated carbocycles. The minimum Gasteiger partial charge on any atom is -0.357 e. The Hall–Kier alpha value is -0.0900. The van der Waals surface area contributed by atoms with Crippen molar-refractivity contribution in [3.05, 3.63) is 0 Å². The average Bonchev–Trinajstić information content (AvgIpc) is 2.57. The molecule has 19 heavy (non-hydrogen) atoms. The Balaban J connectivity index is 0.00000324. The van der Waals surface area contributed by atoms with Crippen molar-refractivity contribution in [3.63, 3.8) is 0 Å². The molecule has 1 fully saturated rings. The van der Waals surface area contributed by atoms with Crippen LogP contribution in [0.5, 0.6) is 0 Å². The summed E-state index contributed by atoms with van der Waals surface area (Å²) in [6.45, 7) is 8.46. The number of rotatable bonds is 5. The van der Waals surface area contributed by atoms with E-state index in [1.165, 1.54) is 4.31 Å². The molecule has 0 aromatic rings. The van der Waals surface area contributed by atoms with Crippen molar-refractivity contribution < 1.29 is 8.42 Å². The van der Waals surface area contributed by atoms with Gasteiger partial charge in [0, 0.05) is 25.7 Å². The van der Waals surface area contributed by atoms with Crippen molar-refractivity contribution >= 4 is 40.0 Å². The number of sulfonamides is 1. The lowest BCUT2D eigenvalue weighted by Crippen LogP contribution is -2.41. The van der Waals surface area contributed by atoms with E-state index in [1.807, 2.05) is 20.8 Å². The molecule has 0 radical (unpaired) electrons. The molecule has 0 bridgehead atoms. The van der Waals surface area contributed by atoms with Gasteiger partial charge in [-0.15, -0.1) is 24.0 Å². The van der Waals surface area contributed by atoms with Crippen molar-refractivity contribution in [2.75, 3.05) is 31.9 Å². The lowest BCUT2D eigenvalue weighted by molar-refractivity contribution is 0.452. The van der Waals surface area contributed by atoms with E-state index in [9.17, 15) is 8.42 Å². The molecule has 2 N–H and O–H groups in total. The van der Waals surface area contributed by atoms with E-state index in [2.05, 4.69) is 15.6 Å². The van der Waals surface area contributed by atoms with E-state index in [0.717, 1.165) is 18.9 Å². The Morgan fingerprint density at radius 2 is 2.11 bits per heavy atom. The second kappa shape index (κ2) is 8.96. The molecule has 1 heterocycles. The van der Waals surface area contributed by atoms with Crippen LogP contribution in [0.15, 0.2) is 4.99 Å². The summed E-state index contributed by atoms with van der Waals surface area (Å²) in [6, 6.07) is 0.304. The second-order valence-electron chi connectivity index (χ2n) is 4.63. The standard InChI is InChI=1S/C11H24N4O2S.HI/c1-4-12-11(14-10(2)3)13-6-8-15-7-5-9-18(15,16)17;/h10H,4-9H2,1-3H3,(H2,12,13,14);1H. The van der Waals surface area contributed by atoms with Crippen LogP contribution < -0.4 is 10.6 Å². The summed E-state index contributed by atoms with van der Waals surface area (Å²) >= 11 is 0. The van der Waals surface area contributed by atoms with E-state index >= 15 is 0 Å². The van der Waals surface area contributed by atoms with Gasteiger partial charge in [0.1, 0.15) is 0 Å². The maximum atomic E-state index is 11.6. The van der Waals surface area contributed by atoms with Crippen LogP contribution in [0.4, 0.5) is 0 Å². The van der Waals surface area contributed by atoms with Gasteiger partial charge in [-0.25, -0.2) is 12.7 Å². The number of aliphatic imine (C=N–C) groups is 1. The van der Waals surface area contributed by atoms with Crippen molar-refractivity contribution in [1.82, 2.24) is 14.9 Å². The molecule has 114 valence electrons. The molecule has 0 aromatic carbocycles. The SMILES string of the molecule is CCNC(=NCCN1CCCS1(=O)=O)NC(C)C.I. The number of nitrogens with zero attached hydrogens (tertiary/aromatic N) is 2. The van der Waals surface area contributed by atoms with Crippen LogP contribution in [0.25, 0.3) is 0 Å². The summed E-state index contributed by atoms with van der Waals surface area (Å²) in [5.74, 6) is 1.02. The van der Waals surface area contributed by atoms with Crippen LogP contribution in [0.1, 0.15) is 27.2 Å². The third-order valence-electron chi connectivity index (χ3n) is 2.59. The number of guanidine groups is 1.